The van der Waals surface area contributed by atoms with Crippen LogP contribution in [0.25, 0.3) is 0 Å². The third-order valence-electron chi connectivity index (χ3n) is 5.47. The molecule has 0 radical (unpaired) electrons. The lowest BCUT2D eigenvalue weighted by Gasteiger charge is -2.26. The molecule has 8 nitrogen and oxygen atoms in total. The van der Waals surface area contributed by atoms with Crippen molar-refractivity contribution in [1.29, 1.82) is 0 Å². The Morgan fingerprint density at radius 2 is 1.97 bits per heavy atom. The van der Waals surface area contributed by atoms with Crippen LogP contribution in [-0.4, -0.2) is 60.2 Å². The van der Waals surface area contributed by atoms with E-state index in [0.717, 1.165) is 17.0 Å². The van der Waals surface area contributed by atoms with Gasteiger partial charge in [0.05, 0.1) is 34.5 Å². The lowest BCUT2D eigenvalue weighted by molar-refractivity contribution is 0.0730. The van der Waals surface area contributed by atoms with E-state index in [9.17, 15) is 8.42 Å². The molecule has 1 N–H and O–H groups in total. The zero-order valence-electron chi connectivity index (χ0n) is 17.6. The highest BCUT2D eigenvalue weighted by Crippen LogP contribution is 2.31. The molecule has 1 saturated heterocycles. The molecule has 0 amide bonds. The van der Waals surface area contributed by atoms with Gasteiger partial charge >= 0.3 is 0 Å². The van der Waals surface area contributed by atoms with E-state index in [1.54, 1.807) is 6.07 Å². The van der Waals surface area contributed by atoms with Crippen molar-refractivity contribution in [2.45, 2.75) is 18.7 Å². The number of nitrogens with zero attached hydrogens (tertiary/aromatic N) is 4. The molecule has 0 spiro atoms. The van der Waals surface area contributed by atoms with Gasteiger partial charge in [0.1, 0.15) is 0 Å². The number of rotatable bonds is 4. The minimum Gasteiger partial charge on any atom is -0.379 e. The molecule has 3 heterocycles. The standard InChI is InChI=1S/C20H24ClN5O3S2/c1-13-10-16(14(2)25(13)3)19-12-30-20(24-23-19)22-18-11-15(4-5-17(18)21)31(27,28)26-6-8-29-9-7-26/h4-5,10-11H,6-9,12H2,1-3H3,(H,22,24). The highest BCUT2D eigenvalue weighted by molar-refractivity contribution is 8.14. The number of thioether (sulfide) groups is 1. The fraction of sp³-hybridized carbons (Fsp3) is 0.400. The van der Waals surface area contributed by atoms with Gasteiger partial charge in [0.15, 0.2) is 5.17 Å². The molecule has 2 aliphatic rings. The van der Waals surface area contributed by atoms with E-state index in [2.05, 4.69) is 40.0 Å². The summed E-state index contributed by atoms with van der Waals surface area (Å²) in [6, 6.07) is 6.70. The molecule has 2 aromatic rings. The molecule has 0 atom stereocenters. The Labute approximate surface area is 191 Å². The van der Waals surface area contributed by atoms with Crippen LogP contribution < -0.4 is 5.43 Å². The Bertz CT molecular complexity index is 1170. The largest absolute Gasteiger partial charge is 0.379 e. The Balaban J connectivity index is 1.57. The van der Waals surface area contributed by atoms with Crippen molar-refractivity contribution in [3.05, 3.63) is 46.2 Å². The summed E-state index contributed by atoms with van der Waals surface area (Å²) >= 11 is 7.80. The number of hydrogen-bond acceptors (Lipinski definition) is 6. The Kier molecular flexibility index (Phi) is 6.45. The number of sulfonamides is 1. The van der Waals surface area contributed by atoms with Crippen molar-refractivity contribution in [1.82, 2.24) is 14.3 Å². The number of aryl methyl sites for hydroxylation is 1. The van der Waals surface area contributed by atoms with Gasteiger partial charge < -0.3 is 9.30 Å². The van der Waals surface area contributed by atoms with Crippen molar-refractivity contribution in [2.24, 2.45) is 17.1 Å². The minimum absolute atomic E-state index is 0.165. The first-order valence-electron chi connectivity index (χ1n) is 9.82. The van der Waals surface area contributed by atoms with Crippen LogP contribution in [0.5, 0.6) is 0 Å². The lowest BCUT2D eigenvalue weighted by Crippen LogP contribution is -2.40. The normalized spacial score (nSPS) is 19.4. The number of ether oxygens (including phenoxy) is 1. The number of halogens is 1. The SMILES string of the molecule is Cc1cc(C2=NNC(=Nc3cc(S(=O)(=O)N4CCOCC4)ccc3Cl)SC2)c(C)n1C. The van der Waals surface area contributed by atoms with Crippen LogP contribution in [0.1, 0.15) is 17.0 Å². The average molecular weight is 482 g/mol. The van der Waals surface area contributed by atoms with Crippen molar-refractivity contribution < 1.29 is 13.2 Å². The number of morpholine rings is 1. The maximum Gasteiger partial charge on any atom is 0.243 e. The molecule has 31 heavy (non-hydrogen) atoms. The van der Waals surface area contributed by atoms with Crippen molar-refractivity contribution >= 4 is 50.0 Å². The van der Waals surface area contributed by atoms with Crippen LogP contribution in [-0.2, 0) is 21.8 Å². The highest BCUT2D eigenvalue weighted by atomic mass is 35.5. The fourth-order valence-corrected chi connectivity index (χ4v) is 5.80. The van der Waals surface area contributed by atoms with Gasteiger partial charge in [-0.3, -0.25) is 5.43 Å². The van der Waals surface area contributed by atoms with E-state index in [0.29, 0.717) is 47.9 Å². The van der Waals surface area contributed by atoms with Gasteiger partial charge in [-0.15, -0.1) is 0 Å². The zero-order valence-corrected chi connectivity index (χ0v) is 19.9. The number of hydrogen-bond donors (Lipinski definition) is 1. The van der Waals surface area contributed by atoms with E-state index in [4.69, 9.17) is 16.3 Å². The fourth-order valence-electron chi connectivity index (χ4n) is 3.44. The molecule has 1 fully saturated rings. The maximum atomic E-state index is 12.9. The molecule has 0 bridgehead atoms. The second kappa shape index (κ2) is 8.95. The maximum absolute atomic E-state index is 12.9. The van der Waals surface area contributed by atoms with Crippen molar-refractivity contribution in [3.63, 3.8) is 0 Å². The van der Waals surface area contributed by atoms with Gasteiger partial charge in [0, 0.05) is 42.8 Å². The molecule has 11 heteroatoms. The van der Waals surface area contributed by atoms with Crippen LogP contribution in [0.15, 0.2) is 39.3 Å². The van der Waals surface area contributed by atoms with Crippen LogP contribution in [0.4, 0.5) is 5.69 Å². The third-order valence-corrected chi connectivity index (χ3v) is 8.55. The predicted octanol–water partition coefficient (Wildman–Crippen LogP) is 3.04. The van der Waals surface area contributed by atoms with Crippen molar-refractivity contribution in [2.75, 3.05) is 32.1 Å². The van der Waals surface area contributed by atoms with E-state index in [1.165, 1.54) is 33.9 Å². The lowest BCUT2D eigenvalue weighted by atomic mass is 10.1. The molecular weight excluding hydrogens is 458 g/mol. The molecule has 2 aliphatic heterocycles. The summed E-state index contributed by atoms with van der Waals surface area (Å²) in [4.78, 5) is 4.69. The predicted molar refractivity (Wildman–Crippen MR) is 125 cm³/mol. The van der Waals surface area contributed by atoms with Gasteiger partial charge in [-0.05, 0) is 38.1 Å². The number of amidine groups is 1. The van der Waals surface area contributed by atoms with E-state index >= 15 is 0 Å². The summed E-state index contributed by atoms with van der Waals surface area (Å²) < 4.78 is 34.7. The van der Waals surface area contributed by atoms with E-state index in [-0.39, 0.29) is 4.90 Å². The number of benzene rings is 1. The first-order chi connectivity index (χ1) is 14.8. The second-order valence-corrected chi connectivity index (χ2v) is 10.7. The van der Waals surface area contributed by atoms with Crippen LogP contribution in [0.2, 0.25) is 5.02 Å². The van der Waals surface area contributed by atoms with Crippen LogP contribution in [0, 0.1) is 13.8 Å². The number of aliphatic imine (C=N–C) groups is 1. The highest BCUT2D eigenvalue weighted by Gasteiger charge is 2.27. The van der Waals surface area contributed by atoms with Crippen LogP contribution in [0.3, 0.4) is 0 Å². The molecule has 1 aromatic carbocycles. The molecule has 0 aliphatic carbocycles. The topological polar surface area (TPSA) is 88.3 Å². The first kappa shape index (κ1) is 22.3. The smallest absolute Gasteiger partial charge is 0.243 e. The Morgan fingerprint density at radius 3 is 2.58 bits per heavy atom. The monoisotopic (exact) mass is 481 g/mol. The number of nitrogens with one attached hydrogen (secondary N) is 1. The number of hydrazone groups is 1. The zero-order chi connectivity index (χ0) is 22.2. The molecule has 166 valence electrons. The molecular formula is C20H24ClN5O3S2. The summed E-state index contributed by atoms with van der Waals surface area (Å²) in [7, 11) is -1.59. The second-order valence-electron chi connectivity index (χ2n) is 7.35. The summed E-state index contributed by atoms with van der Waals surface area (Å²) in [5.74, 6) is 0.652. The van der Waals surface area contributed by atoms with Crippen LogP contribution >= 0.6 is 23.4 Å². The van der Waals surface area contributed by atoms with E-state index in [1.807, 2.05) is 7.05 Å². The van der Waals surface area contributed by atoms with Gasteiger partial charge in [-0.1, -0.05) is 23.4 Å². The van der Waals surface area contributed by atoms with E-state index < -0.39 is 10.0 Å². The molecule has 0 unspecified atom stereocenters. The number of aromatic nitrogens is 1. The summed E-state index contributed by atoms with van der Waals surface area (Å²) in [5.41, 5.74) is 7.74. The summed E-state index contributed by atoms with van der Waals surface area (Å²) in [6.45, 7) is 5.59. The van der Waals surface area contributed by atoms with Gasteiger partial charge in [0.25, 0.3) is 0 Å². The van der Waals surface area contributed by atoms with Crippen molar-refractivity contribution in [3.8, 4) is 0 Å². The quantitative estimate of drug-likeness (QED) is 0.725. The third kappa shape index (κ3) is 4.54. The van der Waals surface area contributed by atoms with Gasteiger partial charge in [-0.25, -0.2) is 13.4 Å². The summed E-state index contributed by atoms with van der Waals surface area (Å²) in [6.07, 6.45) is 0. The summed E-state index contributed by atoms with van der Waals surface area (Å²) in [5, 5.41) is 5.43. The molecule has 0 saturated carbocycles. The average Bonchev–Trinajstić information content (AvgIpc) is 3.03. The Hall–Kier alpha value is -1.85. The molecule has 1 aromatic heterocycles. The molecule has 4 rings (SSSR count). The minimum atomic E-state index is -3.63. The van der Waals surface area contributed by atoms with Gasteiger partial charge in [0.2, 0.25) is 10.0 Å². The first-order valence-corrected chi connectivity index (χ1v) is 12.6. The Morgan fingerprint density at radius 1 is 1.23 bits per heavy atom. The van der Waals surface area contributed by atoms with Gasteiger partial charge in [-0.2, -0.15) is 9.41 Å².